The van der Waals surface area contributed by atoms with Gasteiger partial charge in [-0.25, -0.2) is 9.89 Å². The third-order valence-corrected chi connectivity index (χ3v) is 7.51. The summed E-state index contributed by atoms with van der Waals surface area (Å²) in [5, 5.41) is 22.4. The van der Waals surface area contributed by atoms with Gasteiger partial charge >= 0.3 is 18.0 Å². The number of piperidine rings is 1. The van der Waals surface area contributed by atoms with Crippen molar-refractivity contribution < 1.29 is 36.3 Å². The monoisotopic (exact) mass is 571 g/mol. The Morgan fingerprint density at radius 2 is 1.73 bits per heavy atom. The van der Waals surface area contributed by atoms with Crippen molar-refractivity contribution in [2.24, 2.45) is 5.16 Å². The van der Waals surface area contributed by atoms with E-state index in [9.17, 15) is 36.3 Å². The van der Waals surface area contributed by atoms with Crippen LogP contribution in [0.1, 0.15) is 55.0 Å². The van der Waals surface area contributed by atoms with Crippen LogP contribution in [0.3, 0.4) is 0 Å². The molecule has 0 aliphatic carbocycles. The van der Waals surface area contributed by atoms with Crippen LogP contribution in [-0.4, -0.2) is 38.8 Å². The summed E-state index contributed by atoms with van der Waals surface area (Å²) in [5.74, 6) is 0. The van der Waals surface area contributed by atoms with E-state index >= 15 is 0 Å². The summed E-state index contributed by atoms with van der Waals surface area (Å²) in [7, 11) is 0. The first-order valence-electron chi connectivity index (χ1n) is 12.2. The fourth-order valence-corrected chi connectivity index (χ4v) is 5.03. The number of ether oxygens (including phenoxy) is 1. The molecule has 8 nitrogen and oxygen atoms in total. The van der Waals surface area contributed by atoms with Crippen molar-refractivity contribution in [2.45, 2.75) is 56.2 Å². The minimum atomic E-state index is -4.98. The number of aromatic amines is 1. The van der Waals surface area contributed by atoms with Gasteiger partial charge in [0.05, 0.1) is 35.1 Å². The lowest BCUT2D eigenvalue weighted by Crippen LogP contribution is -2.62. The Labute approximate surface area is 224 Å². The summed E-state index contributed by atoms with van der Waals surface area (Å²) in [5.41, 5.74) is -4.67. The quantitative estimate of drug-likeness (QED) is 0.156. The van der Waals surface area contributed by atoms with Crippen molar-refractivity contribution in [1.82, 2.24) is 20.1 Å². The average Bonchev–Trinajstić information content (AvgIpc) is 3.37. The van der Waals surface area contributed by atoms with Gasteiger partial charge in [0.25, 0.3) is 0 Å². The summed E-state index contributed by atoms with van der Waals surface area (Å²) >= 11 is 0. The highest BCUT2D eigenvalue weighted by Crippen LogP contribution is 2.41. The highest BCUT2D eigenvalue weighted by molar-refractivity contribution is 5.89. The third-order valence-electron chi connectivity index (χ3n) is 7.51. The molecule has 1 aliphatic heterocycles. The first kappa shape index (κ1) is 29.3. The number of hydrogen-bond donors (Lipinski definition) is 3. The fourth-order valence-electron chi connectivity index (χ4n) is 5.03. The number of alkyl halides is 6. The van der Waals surface area contributed by atoms with Crippen LogP contribution in [0.4, 0.5) is 26.3 Å². The zero-order chi connectivity index (χ0) is 29.3. The summed E-state index contributed by atoms with van der Waals surface area (Å²) in [6.45, 7) is 2.90. The van der Waals surface area contributed by atoms with E-state index in [0.717, 1.165) is 5.56 Å². The maximum Gasteiger partial charge on any atom is 0.416 e. The lowest BCUT2D eigenvalue weighted by molar-refractivity contribution is -0.143. The number of benzene rings is 2. The van der Waals surface area contributed by atoms with Crippen LogP contribution in [0.25, 0.3) is 0 Å². The van der Waals surface area contributed by atoms with Crippen molar-refractivity contribution in [1.29, 1.82) is 0 Å². The molecule has 0 saturated carbocycles. The van der Waals surface area contributed by atoms with Gasteiger partial charge in [-0.15, -0.1) is 0 Å². The Kier molecular flexibility index (Phi) is 7.87. The van der Waals surface area contributed by atoms with Crippen LogP contribution >= 0.6 is 0 Å². The van der Waals surface area contributed by atoms with Gasteiger partial charge in [-0.3, -0.25) is 4.57 Å². The smallest absolute Gasteiger partial charge is 0.411 e. The molecule has 1 aromatic heterocycles. The molecule has 0 amide bonds. The van der Waals surface area contributed by atoms with Crippen LogP contribution in [-0.2, 0) is 28.2 Å². The molecule has 40 heavy (non-hydrogen) atoms. The predicted octanol–water partition coefficient (Wildman–Crippen LogP) is 5.21. The van der Waals surface area contributed by atoms with Crippen LogP contribution in [0.15, 0.2) is 64.8 Å². The van der Waals surface area contributed by atoms with Gasteiger partial charge in [0, 0.05) is 6.54 Å². The second kappa shape index (κ2) is 10.7. The summed E-state index contributed by atoms with van der Waals surface area (Å²) < 4.78 is 87.6. The zero-order valence-electron chi connectivity index (χ0n) is 21.5. The summed E-state index contributed by atoms with van der Waals surface area (Å²) in [4.78, 5) is 12.4. The van der Waals surface area contributed by atoms with Gasteiger partial charge in [0.2, 0.25) is 0 Å². The molecule has 1 saturated heterocycles. The first-order valence-corrected chi connectivity index (χ1v) is 12.2. The second-order valence-electron chi connectivity index (χ2n) is 9.84. The number of halogens is 6. The van der Waals surface area contributed by atoms with Gasteiger partial charge in [-0.2, -0.15) is 31.4 Å². The Morgan fingerprint density at radius 3 is 2.20 bits per heavy atom. The van der Waals surface area contributed by atoms with Gasteiger partial charge in [-0.05, 0) is 56.0 Å². The molecule has 3 aromatic rings. The van der Waals surface area contributed by atoms with E-state index in [1.54, 1.807) is 25.1 Å². The minimum absolute atomic E-state index is 0.0762. The molecule has 3 N–H and O–H groups in total. The highest BCUT2D eigenvalue weighted by Gasteiger charge is 2.48. The molecule has 1 fully saturated rings. The maximum atomic E-state index is 13.4. The number of rotatable bonds is 7. The highest BCUT2D eigenvalue weighted by atomic mass is 19.4. The molecule has 2 heterocycles. The van der Waals surface area contributed by atoms with E-state index in [1.807, 2.05) is 12.1 Å². The average molecular weight is 572 g/mol. The van der Waals surface area contributed by atoms with E-state index in [1.165, 1.54) is 17.8 Å². The Balaban J connectivity index is 1.66. The third kappa shape index (κ3) is 5.63. The van der Waals surface area contributed by atoms with Crippen molar-refractivity contribution in [3.8, 4) is 0 Å². The molecule has 4 rings (SSSR count). The van der Waals surface area contributed by atoms with Crippen LogP contribution in [0.5, 0.6) is 0 Å². The van der Waals surface area contributed by atoms with Crippen molar-refractivity contribution >= 4 is 5.71 Å². The number of H-pyrrole nitrogens is 1. The van der Waals surface area contributed by atoms with Crippen molar-refractivity contribution in [3.63, 3.8) is 0 Å². The van der Waals surface area contributed by atoms with Gasteiger partial charge in [-0.1, -0.05) is 35.5 Å². The molecule has 0 radical (unpaired) electrons. The molecule has 0 unspecified atom stereocenters. The molecule has 3 atom stereocenters. The second-order valence-corrected chi connectivity index (χ2v) is 9.84. The molecule has 0 bridgehead atoms. The van der Waals surface area contributed by atoms with E-state index in [-0.39, 0.29) is 36.9 Å². The molecule has 1 aliphatic rings. The molecular weight excluding hydrogens is 544 g/mol. The van der Waals surface area contributed by atoms with Gasteiger partial charge in [0.1, 0.15) is 11.9 Å². The molecular formula is C26H27F6N5O3. The zero-order valence-corrected chi connectivity index (χ0v) is 21.5. The lowest BCUT2D eigenvalue weighted by Gasteiger charge is -2.47. The number of nitrogens with zero attached hydrogens (tertiary/aromatic N) is 3. The van der Waals surface area contributed by atoms with Gasteiger partial charge < -0.3 is 15.3 Å². The van der Waals surface area contributed by atoms with Crippen LogP contribution in [0.2, 0.25) is 0 Å². The SMILES string of the molecule is C/C(=N/O)[C@]1(n2cn[nH]c2=O)CC[C@@](CO[C@H](C)c2cc(C(F)(F)F)cc(C(F)(F)F)c2)(c2ccccc2)NC1. The Morgan fingerprint density at radius 1 is 1.10 bits per heavy atom. The van der Waals surface area contributed by atoms with Crippen molar-refractivity contribution in [2.75, 3.05) is 13.2 Å². The predicted molar refractivity (Wildman–Crippen MR) is 132 cm³/mol. The van der Waals surface area contributed by atoms with Gasteiger partial charge in [0.15, 0.2) is 0 Å². The van der Waals surface area contributed by atoms with Crippen molar-refractivity contribution in [3.05, 3.63) is 87.6 Å². The van der Waals surface area contributed by atoms with E-state index in [4.69, 9.17) is 4.74 Å². The Bertz CT molecular complexity index is 1370. The number of hydrogen-bond acceptors (Lipinski definition) is 6. The normalized spacial score (nSPS) is 23.2. The first-order chi connectivity index (χ1) is 18.7. The largest absolute Gasteiger partial charge is 0.416 e. The number of oxime groups is 1. The number of nitrogens with one attached hydrogen (secondary N) is 2. The number of aromatic nitrogens is 3. The minimum Gasteiger partial charge on any atom is -0.411 e. The molecule has 0 spiro atoms. The standard InChI is InChI=1S/C26H27F6N5O3/c1-16(18-10-20(25(27,28)29)12-21(11-18)26(30,31)32)40-14-23(19-6-4-3-5-7-19)8-9-24(13-33-23,17(2)36-39)37-15-34-35-22(37)38/h3-7,10-12,15-16,33,39H,8-9,13-14H2,1-2H3,(H,35,38)/b36-17-/t16-,23-,24+/m1/s1. The summed E-state index contributed by atoms with van der Waals surface area (Å²) in [6.07, 6.45) is -9.23. The topological polar surface area (TPSA) is 105 Å². The van der Waals surface area contributed by atoms with Crippen LogP contribution in [0, 0.1) is 0 Å². The van der Waals surface area contributed by atoms with E-state index in [2.05, 4.69) is 20.7 Å². The molecule has 2 aromatic carbocycles. The Hall–Kier alpha value is -3.65. The van der Waals surface area contributed by atoms with E-state index < -0.39 is 46.4 Å². The summed E-state index contributed by atoms with van der Waals surface area (Å²) in [6, 6.07) is 10.4. The van der Waals surface area contributed by atoms with E-state index in [0.29, 0.717) is 18.6 Å². The fraction of sp³-hybridized carbons (Fsp3) is 0.423. The molecule has 216 valence electrons. The van der Waals surface area contributed by atoms with Crippen LogP contribution < -0.4 is 11.0 Å². The maximum absolute atomic E-state index is 13.4. The molecule has 14 heteroatoms. The lowest BCUT2D eigenvalue weighted by atomic mass is 9.74.